The van der Waals surface area contributed by atoms with Gasteiger partial charge in [0.15, 0.2) is 0 Å². The predicted octanol–water partition coefficient (Wildman–Crippen LogP) is 6.24. The van der Waals surface area contributed by atoms with Gasteiger partial charge in [0.1, 0.15) is 35.2 Å². The highest BCUT2D eigenvalue weighted by Crippen LogP contribution is 2.41. The number of hydrogen-bond donors (Lipinski definition) is 3. The van der Waals surface area contributed by atoms with Crippen molar-refractivity contribution >= 4 is 76.3 Å². The van der Waals surface area contributed by atoms with Gasteiger partial charge >= 0.3 is 0 Å². The third kappa shape index (κ3) is 10.5. The number of sulfonamides is 1. The minimum atomic E-state index is -3.19. The van der Waals surface area contributed by atoms with Crippen LogP contribution in [0.3, 0.4) is 0 Å². The highest BCUT2D eigenvalue weighted by molar-refractivity contribution is 7.88. The molecule has 0 aliphatic carbocycles. The number of amides is 2. The summed E-state index contributed by atoms with van der Waals surface area (Å²) < 4.78 is 51.5. The Hall–Kier alpha value is -5.73. The van der Waals surface area contributed by atoms with E-state index in [4.69, 9.17) is 18.9 Å². The third-order valence-electron chi connectivity index (χ3n) is 13.3. The lowest BCUT2D eigenvalue weighted by Crippen LogP contribution is -2.48. The number of hydrogen-bond acceptors (Lipinski definition) is 15. The molecule has 3 N–H and O–H groups in total. The molecule has 0 saturated carbocycles. The molecule has 2 aromatic heterocycles. The van der Waals surface area contributed by atoms with E-state index in [1.54, 1.807) is 25.6 Å². The van der Waals surface area contributed by atoms with Gasteiger partial charge in [-0.15, -0.1) is 22.7 Å². The van der Waals surface area contributed by atoms with Crippen LogP contribution in [-0.2, 0) is 19.6 Å². The van der Waals surface area contributed by atoms with Crippen molar-refractivity contribution in [2.24, 2.45) is 11.8 Å². The molecule has 0 bridgehead atoms. The second kappa shape index (κ2) is 20.5. The molecule has 19 heteroatoms. The molecule has 68 heavy (non-hydrogen) atoms. The molecule has 4 atom stereocenters. The second-order valence-corrected chi connectivity index (χ2v) is 21.4. The van der Waals surface area contributed by atoms with Crippen molar-refractivity contribution in [1.82, 2.24) is 30.2 Å². The first kappa shape index (κ1) is 47.3. The lowest BCUT2D eigenvalue weighted by atomic mass is 10.0. The fraction of sp³-hybridized carbons (Fsp3) is 0.429. The number of rotatable bonds is 13. The number of fused-ring (bicyclic) bond motifs is 2. The first-order valence-electron chi connectivity index (χ1n) is 23.0. The van der Waals surface area contributed by atoms with Crippen molar-refractivity contribution < 1.29 is 37.0 Å². The Morgan fingerprint density at radius 3 is 1.47 bits per heavy atom. The first-order chi connectivity index (χ1) is 32.8. The Balaban J connectivity index is 0.000000171. The number of nitrogens with one attached hydrogen (secondary N) is 3. The van der Waals surface area contributed by atoms with Crippen LogP contribution in [0.25, 0.3) is 42.7 Å². The van der Waals surface area contributed by atoms with Crippen molar-refractivity contribution in [3.8, 4) is 45.3 Å². The van der Waals surface area contributed by atoms with Crippen molar-refractivity contribution in [3.63, 3.8) is 0 Å². The molecule has 16 nitrogen and oxygen atoms in total. The van der Waals surface area contributed by atoms with Gasteiger partial charge in [0.05, 0.1) is 63.3 Å². The number of piperazine rings is 2. The summed E-state index contributed by atoms with van der Waals surface area (Å²) in [7, 11) is 0.183. The molecule has 0 spiro atoms. The minimum Gasteiger partial charge on any atom is -0.495 e. The zero-order valence-corrected chi connectivity index (χ0v) is 41.4. The van der Waals surface area contributed by atoms with Crippen LogP contribution in [0.15, 0.2) is 71.7 Å². The van der Waals surface area contributed by atoms with Crippen LogP contribution in [0.1, 0.15) is 26.7 Å². The fourth-order valence-electron chi connectivity index (χ4n) is 9.30. The molecule has 4 aliphatic heterocycles. The normalized spacial score (nSPS) is 19.8. The van der Waals surface area contributed by atoms with Crippen LogP contribution in [0.5, 0.6) is 23.0 Å². The average molecular weight is 983 g/mol. The molecule has 6 aromatic rings. The summed E-state index contributed by atoms with van der Waals surface area (Å²) in [4.78, 5) is 36.9. The van der Waals surface area contributed by atoms with E-state index in [0.29, 0.717) is 52.1 Å². The minimum absolute atomic E-state index is 0.0667. The monoisotopic (exact) mass is 982 g/mol. The lowest BCUT2D eigenvalue weighted by Gasteiger charge is -2.35. The first-order valence-corrected chi connectivity index (χ1v) is 26.6. The maximum absolute atomic E-state index is 11.9. The van der Waals surface area contributed by atoms with Crippen LogP contribution in [-0.4, -0.2) is 133 Å². The van der Waals surface area contributed by atoms with E-state index in [-0.39, 0.29) is 35.9 Å². The molecule has 0 radical (unpaired) electrons. The van der Waals surface area contributed by atoms with Crippen LogP contribution in [0.4, 0.5) is 11.4 Å². The van der Waals surface area contributed by atoms with E-state index in [9.17, 15) is 18.0 Å². The molecule has 4 saturated heterocycles. The summed E-state index contributed by atoms with van der Waals surface area (Å²) >= 11 is 3.11. The van der Waals surface area contributed by atoms with Gasteiger partial charge in [-0.1, -0.05) is 12.1 Å². The molecular weight excluding hydrogens is 925 g/mol. The molecule has 2 amide bonds. The van der Waals surface area contributed by atoms with Crippen LogP contribution >= 0.6 is 22.7 Å². The number of methoxy groups -OCH3 is 2. The summed E-state index contributed by atoms with van der Waals surface area (Å²) in [6.07, 6.45) is 2.05. The molecule has 360 valence electrons. The Kier molecular flexibility index (Phi) is 14.3. The number of anilines is 2. The van der Waals surface area contributed by atoms with Gasteiger partial charge in [-0.05, 0) is 84.6 Å². The summed E-state index contributed by atoms with van der Waals surface area (Å²) in [6, 6.07) is 20.7. The fourth-order valence-corrected chi connectivity index (χ4v) is 11.6. The highest BCUT2D eigenvalue weighted by Gasteiger charge is 2.31. The number of benzene rings is 4. The van der Waals surface area contributed by atoms with Gasteiger partial charge in [-0.2, -0.15) is 4.31 Å². The number of carbonyl (C=O) groups excluding carboxylic acids is 2. The molecule has 4 aromatic carbocycles. The van der Waals surface area contributed by atoms with E-state index in [2.05, 4.69) is 66.0 Å². The van der Waals surface area contributed by atoms with Crippen molar-refractivity contribution in [2.75, 3.05) is 95.7 Å². The van der Waals surface area contributed by atoms with Crippen molar-refractivity contribution in [2.45, 2.75) is 38.9 Å². The highest BCUT2D eigenvalue weighted by atomic mass is 32.2. The topological polar surface area (TPSA) is 177 Å². The van der Waals surface area contributed by atoms with Gasteiger partial charge in [0.25, 0.3) is 0 Å². The number of nitrogens with zero attached hydrogens (tertiary/aromatic N) is 5. The summed E-state index contributed by atoms with van der Waals surface area (Å²) in [6.45, 7) is 11.3. The predicted molar refractivity (Wildman–Crippen MR) is 269 cm³/mol. The van der Waals surface area contributed by atoms with Gasteiger partial charge in [0.2, 0.25) is 21.8 Å². The second-order valence-electron chi connectivity index (χ2n) is 17.7. The maximum atomic E-state index is 11.9. The zero-order valence-electron chi connectivity index (χ0n) is 38.9. The van der Waals surface area contributed by atoms with E-state index in [1.807, 2.05) is 55.2 Å². The van der Waals surface area contributed by atoms with E-state index in [1.165, 1.54) is 21.9 Å². The van der Waals surface area contributed by atoms with Crippen LogP contribution < -0.4 is 44.7 Å². The van der Waals surface area contributed by atoms with Crippen molar-refractivity contribution in [3.05, 3.63) is 71.7 Å². The summed E-state index contributed by atoms with van der Waals surface area (Å²) in [5.41, 5.74) is 11.5. The van der Waals surface area contributed by atoms with Gasteiger partial charge in [-0.25, -0.2) is 18.4 Å². The Labute approximate surface area is 405 Å². The molecule has 0 unspecified atom stereocenters. The van der Waals surface area contributed by atoms with Crippen LogP contribution in [0, 0.1) is 11.8 Å². The van der Waals surface area contributed by atoms with E-state index in [0.717, 1.165) is 103 Å². The quantitative estimate of drug-likeness (QED) is 0.119. The molecule has 4 aliphatic rings. The molecular formula is C49H58N8O8S3. The third-order valence-corrected chi connectivity index (χ3v) is 16.3. The Morgan fingerprint density at radius 1 is 0.618 bits per heavy atom. The number of carbonyl (C=O) groups is 2. The van der Waals surface area contributed by atoms with Gasteiger partial charge in [-0.3, -0.25) is 9.59 Å². The smallest absolute Gasteiger partial charge is 0.220 e. The van der Waals surface area contributed by atoms with Gasteiger partial charge < -0.3 is 44.7 Å². The maximum Gasteiger partial charge on any atom is 0.220 e. The lowest BCUT2D eigenvalue weighted by molar-refractivity contribution is -0.120. The molecule has 10 rings (SSSR count). The zero-order chi connectivity index (χ0) is 47.5. The summed E-state index contributed by atoms with van der Waals surface area (Å²) in [5.74, 6) is 3.64. The molecule has 6 heterocycles. The summed E-state index contributed by atoms with van der Waals surface area (Å²) in [5, 5.41) is 9.17. The SMILES string of the molecule is COc1cc(-c2cc(O[C@H](C)[C@H]3CNC(=O)C3)c3scnc3c2)ccc1N1CCN(S(C)(=O)=O)CC1.COc1cc(-c2cc(O[C@H](C)[C@H]3CNC(=O)C3)c3scnc3c2)ccc1N1CCNCC1. The molecule has 4 fully saturated rings. The number of thiazole rings is 2. The Morgan fingerprint density at radius 2 is 1.06 bits per heavy atom. The van der Waals surface area contributed by atoms with Gasteiger partial charge in [0, 0.05) is 90.1 Å². The van der Waals surface area contributed by atoms with Crippen molar-refractivity contribution in [1.29, 1.82) is 0 Å². The largest absolute Gasteiger partial charge is 0.495 e. The average Bonchev–Trinajstić information content (AvgIpc) is 4.20. The number of ether oxygens (including phenoxy) is 4. The van der Waals surface area contributed by atoms with Crippen LogP contribution in [0.2, 0.25) is 0 Å². The number of aromatic nitrogens is 2. The Bertz CT molecular complexity index is 2900. The van der Waals surface area contributed by atoms with E-state index >= 15 is 0 Å². The van der Waals surface area contributed by atoms with E-state index < -0.39 is 10.0 Å². The standard InChI is InChI=1S/C25H30N4O5S2.C24H28N4O3S/c1-16(19-13-24(30)26-14-19)34-23-12-18(10-20-25(23)35-15-27-20)17-4-5-21(22(11-17)33-2)28-6-8-29(9-7-28)36(3,31)32;1-15(18-12-23(29)26-13-18)31-22-11-17(9-19-24(22)32-14-27-19)16-3-4-20(21(10-16)30-2)28-7-5-25-6-8-28/h4-5,10-12,15-16,19H,6-9,13-14H2,1-3H3,(H,26,30);3-4,9-11,14-15,18,25H,5-8,12-13H2,1-2H3,(H,26,29)/t16-,19-;15-,18-/m11/s1.